The van der Waals surface area contributed by atoms with Crippen LogP contribution in [0.3, 0.4) is 0 Å². The lowest BCUT2D eigenvalue weighted by atomic mass is 10.1. The number of methoxy groups -OCH3 is 1. The Morgan fingerprint density at radius 2 is 2.08 bits per heavy atom. The van der Waals surface area contributed by atoms with E-state index < -0.39 is 6.09 Å². The first-order valence-corrected chi connectivity index (χ1v) is 3.86. The number of nitrogens with one attached hydrogen (secondary N) is 1. The molecule has 70 valence electrons. The first-order chi connectivity index (χ1) is 5.49. The van der Waals surface area contributed by atoms with Crippen LogP contribution in [0.2, 0.25) is 0 Å². The minimum Gasteiger partial charge on any atom is -0.453 e. The van der Waals surface area contributed by atoms with Gasteiger partial charge in [0, 0.05) is 5.92 Å². The van der Waals surface area contributed by atoms with Gasteiger partial charge in [0.1, 0.15) is 13.8 Å². The third kappa shape index (κ3) is 3.37. The standard InChI is InChI=1S/C8H16N2O2/c1-6(2)7(10(3)4)9-8(11)12-5/h6-7H,3H2,1-2,4-5H3/p+1. The van der Waals surface area contributed by atoms with Crippen molar-refractivity contribution in [1.29, 1.82) is 0 Å². The van der Waals surface area contributed by atoms with E-state index in [4.69, 9.17) is 0 Å². The van der Waals surface area contributed by atoms with Gasteiger partial charge in [-0.05, 0) is 0 Å². The second-order valence-corrected chi connectivity index (χ2v) is 3.08. The molecule has 0 saturated heterocycles. The third-order valence-electron chi connectivity index (χ3n) is 1.56. The topological polar surface area (TPSA) is 41.3 Å². The van der Waals surface area contributed by atoms with Crippen molar-refractivity contribution in [2.24, 2.45) is 5.92 Å². The highest BCUT2D eigenvalue weighted by Crippen LogP contribution is 2.00. The van der Waals surface area contributed by atoms with Gasteiger partial charge in [-0.1, -0.05) is 13.8 Å². The van der Waals surface area contributed by atoms with Crippen LogP contribution in [-0.2, 0) is 4.74 Å². The summed E-state index contributed by atoms with van der Waals surface area (Å²) in [4.78, 5) is 10.8. The van der Waals surface area contributed by atoms with Gasteiger partial charge in [-0.3, -0.25) is 5.32 Å². The minimum absolute atomic E-state index is 0.0857. The summed E-state index contributed by atoms with van der Waals surface area (Å²) < 4.78 is 6.17. The second-order valence-electron chi connectivity index (χ2n) is 3.08. The predicted molar refractivity (Wildman–Crippen MR) is 47.5 cm³/mol. The Labute approximate surface area is 73.2 Å². The number of nitrogens with zero attached hydrogens (tertiary/aromatic N) is 1. The molecule has 0 aromatic heterocycles. The molecule has 0 radical (unpaired) electrons. The molecule has 1 amide bonds. The highest BCUT2D eigenvalue weighted by Gasteiger charge is 2.22. The van der Waals surface area contributed by atoms with E-state index in [1.54, 1.807) is 11.6 Å². The molecule has 0 saturated carbocycles. The van der Waals surface area contributed by atoms with Crippen molar-refractivity contribution in [2.45, 2.75) is 20.0 Å². The van der Waals surface area contributed by atoms with Crippen LogP contribution in [0.5, 0.6) is 0 Å². The smallest absolute Gasteiger partial charge is 0.411 e. The van der Waals surface area contributed by atoms with Gasteiger partial charge in [0.25, 0.3) is 0 Å². The molecule has 0 rings (SSSR count). The zero-order valence-corrected chi connectivity index (χ0v) is 8.13. The Morgan fingerprint density at radius 1 is 1.58 bits per heavy atom. The Morgan fingerprint density at radius 3 is 2.33 bits per heavy atom. The molecule has 0 aliphatic carbocycles. The Hall–Kier alpha value is -1.06. The molecular formula is C8H17N2O2+. The minimum atomic E-state index is -0.427. The van der Waals surface area contributed by atoms with Crippen molar-refractivity contribution in [3.63, 3.8) is 0 Å². The molecule has 0 heterocycles. The summed E-state index contributed by atoms with van der Waals surface area (Å²) in [7, 11) is 3.15. The van der Waals surface area contributed by atoms with Crippen LogP contribution >= 0.6 is 0 Å². The molecule has 0 aliphatic rings. The van der Waals surface area contributed by atoms with Crippen LogP contribution in [0.1, 0.15) is 13.8 Å². The van der Waals surface area contributed by atoms with Gasteiger partial charge in [-0.25, -0.2) is 9.37 Å². The van der Waals surface area contributed by atoms with Gasteiger partial charge in [-0.2, -0.15) is 0 Å². The number of hydrogen-bond donors (Lipinski definition) is 1. The Kier molecular flexibility index (Phi) is 4.33. The highest BCUT2D eigenvalue weighted by atomic mass is 16.5. The fraction of sp³-hybridized carbons (Fsp3) is 0.750. The van der Waals surface area contributed by atoms with E-state index in [1.165, 1.54) is 7.11 Å². The Bertz CT molecular complexity index is 178. The van der Waals surface area contributed by atoms with Crippen LogP contribution in [0.4, 0.5) is 4.79 Å². The van der Waals surface area contributed by atoms with Crippen LogP contribution in [0.15, 0.2) is 0 Å². The van der Waals surface area contributed by atoms with Gasteiger partial charge >= 0.3 is 6.09 Å². The van der Waals surface area contributed by atoms with E-state index in [2.05, 4.69) is 16.8 Å². The lowest BCUT2D eigenvalue weighted by molar-refractivity contribution is -0.542. The number of alkyl carbamates (subject to hydrolysis) is 1. The number of rotatable bonds is 3. The molecule has 1 N–H and O–H groups in total. The molecule has 4 nitrogen and oxygen atoms in total. The SMILES string of the molecule is C=[N+](C)C(NC(=O)OC)C(C)C. The van der Waals surface area contributed by atoms with Crippen molar-refractivity contribution >= 4 is 12.8 Å². The van der Waals surface area contributed by atoms with Crippen LogP contribution < -0.4 is 5.32 Å². The molecule has 1 atom stereocenters. The average Bonchev–Trinajstić information content (AvgIpc) is 1.98. The normalized spacial score (nSPS) is 12.4. The zero-order chi connectivity index (χ0) is 9.72. The lowest BCUT2D eigenvalue weighted by Gasteiger charge is -2.16. The maximum atomic E-state index is 10.8. The first kappa shape index (κ1) is 10.9. The number of carbonyl (C=O) groups excluding carboxylic acids is 1. The van der Waals surface area contributed by atoms with E-state index in [-0.39, 0.29) is 6.17 Å². The maximum Gasteiger partial charge on any atom is 0.411 e. The number of hydrogen-bond acceptors (Lipinski definition) is 2. The van der Waals surface area contributed by atoms with E-state index >= 15 is 0 Å². The molecule has 1 unspecified atom stereocenters. The monoisotopic (exact) mass is 173 g/mol. The van der Waals surface area contributed by atoms with Crippen molar-refractivity contribution in [3.05, 3.63) is 0 Å². The van der Waals surface area contributed by atoms with Crippen LogP contribution in [0, 0.1) is 5.92 Å². The van der Waals surface area contributed by atoms with Crippen molar-refractivity contribution < 1.29 is 14.1 Å². The number of amides is 1. The van der Waals surface area contributed by atoms with Crippen LogP contribution in [0.25, 0.3) is 0 Å². The molecule has 0 aromatic carbocycles. The highest BCUT2D eigenvalue weighted by molar-refractivity contribution is 5.67. The largest absolute Gasteiger partial charge is 0.453 e. The van der Waals surface area contributed by atoms with Crippen LogP contribution in [-0.4, -0.2) is 37.7 Å². The van der Waals surface area contributed by atoms with Gasteiger partial charge in [0.05, 0.1) is 7.11 Å². The van der Waals surface area contributed by atoms with Crippen molar-refractivity contribution in [1.82, 2.24) is 5.32 Å². The number of ether oxygens (including phenoxy) is 1. The first-order valence-electron chi connectivity index (χ1n) is 3.86. The summed E-state index contributed by atoms with van der Waals surface area (Å²) in [5.41, 5.74) is 0. The summed E-state index contributed by atoms with van der Waals surface area (Å²) in [6.07, 6.45) is -0.512. The summed E-state index contributed by atoms with van der Waals surface area (Å²) in [6.45, 7) is 7.71. The summed E-state index contributed by atoms with van der Waals surface area (Å²) in [6, 6.07) is 0. The lowest BCUT2D eigenvalue weighted by Crippen LogP contribution is -2.44. The molecule has 12 heavy (non-hydrogen) atoms. The van der Waals surface area contributed by atoms with Crippen molar-refractivity contribution in [2.75, 3.05) is 14.2 Å². The van der Waals surface area contributed by atoms with Crippen molar-refractivity contribution in [3.8, 4) is 0 Å². The quantitative estimate of drug-likeness (QED) is 0.387. The van der Waals surface area contributed by atoms with Gasteiger partial charge in [-0.15, -0.1) is 0 Å². The zero-order valence-electron chi connectivity index (χ0n) is 8.13. The van der Waals surface area contributed by atoms with Gasteiger partial charge in [0.2, 0.25) is 6.17 Å². The second kappa shape index (κ2) is 4.74. The average molecular weight is 173 g/mol. The third-order valence-corrected chi connectivity index (χ3v) is 1.56. The molecular weight excluding hydrogens is 156 g/mol. The molecule has 0 fully saturated rings. The predicted octanol–water partition coefficient (Wildman–Crippen LogP) is 0.667. The Balaban J connectivity index is 4.14. The summed E-state index contributed by atoms with van der Waals surface area (Å²) in [5.74, 6) is 0.298. The van der Waals surface area contributed by atoms with Gasteiger partial charge in [0.15, 0.2) is 0 Å². The van der Waals surface area contributed by atoms with E-state index in [0.29, 0.717) is 5.92 Å². The fourth-order valence-corrected chi connectivity index (χ4v) is 0.965. The van der Waals surface area contributed by atoms with E-state index in [1.807, 2.05) is 13.8 Å². The molecule has 4 heteroatoms. The molecule has 0 aliphatic heterocycles. The summed E-state index contributed by atoms with van der Waals surface area (Å²) >= 11 is 0. The summed E-state index contributed by atoms with van der Waals surface area (Å²) in [5, 5.41) is 2.67. The molecule has 0 bridgehead atoms. The number of carbonyl (C=O) groups is 1. The maximum absolute atomic E-state index is 10.8. The molecule has 0 aromatic rings. The van der Waals surface area contributed by atoms with E-state index in [0.717, 1.165) is 0 Å². The molecule has 0 spiro atoms. The van der Waals surface area contributed by atoms with Gasteiger partial charge < -0.3 is 4.74 Å². The fourth-order valence-electron chi connectivity index (χ4n) is 0.965. The van der Waals surface area contributed by atoms with E-state index in [9.17, 15) is 4.79 Å².